The van der Waals surface area contributed by atoms with Gasteiger partial charge in [-0.1, -0.05) is 20.8 Å². The first-order chi connectivity index (χ1) is 8.43. The molecule has 1 saturated heterocycles. The first kappa shape index (κ1) is 16.2. The van der Waals surface area contributed by atoms with Gasteiger partial charge in [0, 0.05) is 12.6 Å². The van der Waals surface area contributed by atoms with Crippen LogP contribution in [0.3, 0.4) is 0 Å². The van der Waals surface area contributed by atoms with Crippen molar-refractivity contribution in [1.29, 1.82) is 0 Å². The highest BCUT2D eigenvalue weighted by Gasteiger charge is 2.46. The van der Waals surface area contributed by atoms with E-state index in [2.05, 4.69) is 0 Å². The lowest BCUT2D eigenvalue weighted by molar-refractivity contribution is -0.0366. The van der Waals surface area contributed by atoms with Gasteiger partial charge in [-0.25, -0.2) is 9.18 Å². The highest BCUT2D eigenvalue weighted by molar-refractivity contribution is 5.69. The van der Waals surface area contributed by atoms with E-state index in [9.17, 15) is 9.18 Å². The van der Waals surface area contributed by atoms with E-state index in [0.29, 0.717) is 13.0 Å². The quantitative estimate of drug-likeness (QED) is 0.739. The van der Waals surface area contributed by atoms with Crippen LogP contribution in [0.5, 0.6) is 0 Å². The molecular formula is C14H27FN2O2. The van der Waals surface area contributed by atoms with Crippen molar-refractivity contribution in [3.63, 3.8) is 0 Å². The van der Waals surface area contributed by atoms with Crippen molar-refractivity contribution in [3.05, 3.63) is 0 Å². The average molecular weight is 274 g/mol. The second kappa shape index (κ2) is 5.27. The van der Waals surface area contributed by atoms with Crippen LogP contribution >= 0.6 is 0 Å². The first-order valence-electron chi connectivity index (χ1n) is 6.83. The van der Waals surface area contributed by atoms with Gasteiger partial charge in [0.2, 0.25) is 0 Å². The van der Waals surface area contributed by atoms with Crippen LogP contribution in [-0.2, 0) is 4.74 Å². The van der Waals surface area contributed by atoms with Crippen LogP contribution in [-0.4, -0.2) is 41.4 Å². The molecule has 1 aliphatic rings. The van der Waals surface area contributed by atoms with Crippen LogP contribution in [0.15, 0.2) is 0 Å². The van der Waals surface area contributed by atoms with Gasteiger partial charge in [0.05, 0.1) is 6.04 Å². The fourth-order valence-corrected chi connectivity index (χ4v) is 2.46. The number of carbonyl (C=O) groups excluding carboxylic acids is 1. The van der Waals surface area contributed by atoms with Gasteiger partial charge in [0.15, 0.2) is 0 Å². The van der Waals surface area contributed by atoms with E-state index in [1.54, 1.807) is 20.8 Å². The highest BCUT2D eigenvalue weighted by Crippen LogP contribution is 2.34. The molecule has 0 spiro atoms. The van der Waals surface area contributed by atoms with E-state index in [1.807, 2.05) is 20.8 Å². The zero-order valence-corrected chi connectivity index (χ0v) is 12.9. The Kier molecular flexibility index (Phi) is 4.50. The number of amides is 1. The third-order valence-corrected chi connectivity index (χ3v) is 3.27. The summed E-state index contributed by atoms with van der Waals surface area (Å²) in [5, 5.41) is 0. The number of hydrogen-bond donors (Lipinski definition) is 1. The smallest absolute Gasteiger partial charge is 0.410 e. The Morgan fingerprint density at radius 1 is 1.26 bits per heavy atom. The van der Waals surface area contributed by atoms with Gasteiger partial charge < -0.3 is 15.4 Å². The Hall–Kier alpha value is -0.840. The van der Waals surface area contributed by atoms with Crippen molar-refractivity contribution < 1.29 is 13.9 Å². The number of nitrogens with two attached hydrogens (primary N) is 1. The molecule has 1 amide bonds. The Labute approximate surface area is 115 Å². The Morgan fingerprint density at radius 3 is 2.21 bits per heavy atom. The molecule has 4 nitrogen and oxygen atoms in total. The first-order valence-corrected chi connectivity index (χ1v) is 6.83. The number of carbonyl (C=O) groups is 1. The second-order valence-electron chi connectivity index (χ2n) is 7.38. The average Bonchev–Trinajstić information content (AvgIpc) is 2.17. The molecule has 1 unspecified atom stereocenters. The summed E-state index contributed by atoms with van der Waals surface area (Å²) < 4.78 is 19.8. The van der Waals surface area contributed by atoms with E-state index < -0.39 is 29.9 Å². The number of ether oxygens (including phenoxy) is 1. The molecule has 0 saturated carbocycles. The van der Waals surface area contributed by atoms with Gasteiger partial charge in [-0.2, -0.15) is 0 Å². The summed E-state index contributed by atoms with van der Waals surface area (Å²) in [7, 11) is 0. The van der Waals surface area contributed by atoms with Crippen LogP contribution in [0.4, 0.5) is 9.18 Å². The van der Waals surface area contributed by atoms with Crippen LogP contribution in [0, 0.1) is 5.41 Å². The van der Waals surface area contributed by atoms with Crippen molar-refractivity contribution in [3.8, 4) is 0 Å². The molecule has 3 atom stereocenters. The third-order valence-electron chi connectivity index (χ3n) is 3.27. The maximum Gasteiger partial charge on any atom is 0.410 e. The number of alkyl halides is 1. The summed E-state index contributed by atoms with van der Waals surface area (Å²) in [5.41, 5.74) is 4.84. The molecule has 1 heterocycles. The van der Waals surface area contributed by atoms with Gasteiger partial charge in [0.1, 0.15) is 11.8 Å². The van der Waals surface area contributed by atoms with E-state index in [4.69, 9.17) is 10.5 Å². The molecule has 1 aliphatic heterocycles. The minimum Gasteiger partial charge on any atom is -0.444 e. The topological polar surface area (TPSA) is 55.6 Å². The Bertz CT molecular complexity index is 333. The van der Waals surface area contributed by atoms with Crippen molar-refractivity contribution in [2.75, 3.05) is 6.54 Å². The summed E-state index contributed by atoms with van der Waals surface area (Å²) in [4.78, 5) is 13.7. The second-order valence-corrected chi connectivity index (χ2v) is 7.38. The molecular weight excluding hydrogens is 247 g/mol. The number of piperidine rings is 1. The fourth-order valence-electron chi connectivity index (χ4n) is 2.46. The molecule has 0 aromatic rings. The minimum absolute atomic E-state index is 0.381. The maximum atomic E-state index is 14.4. The maximum absolute atomic E-state index is 14.4. The van der Waals surface area contributed by atoms with Crippen LogP contribution in [0.25, 0.3) is 0 Å². The largest absolute Gasteiger partial charge is 0.444 e. The van der Waals surface area contributed by atoms with E-state index in [0.717, 1.165) is 0 Å². The van der Waals surface area contributed by atoms with Gasteiger partial charge in [-0.3, -0.25) is 0 Å². The molecule has 112 valence electrons. The van der Waals surface area contributed by atoms with Gasteiger partial charge in [0.25, 0.3) is 0 Å². The zero-order valence-electron chi connectivity index (χ0n) is 12.9. The van der Waals surface area contributed by atoms with Crippen molar-refractivity contribution in [2.45, 2.75) is 71.8 Å². The van der Waals surface area contributed by atoms with Crippen LogP contribution in [0.2, 0.25) is 0 Å². The number of halogens is 1. The number of hydrogen-bond acceptors (Lipinski definition) is 3. The lowest BCUT2D eigenvalue weighted by Gasteiger charge is -2.47. The Morgan fingerprint density at radius 2 is 1.79 bits per heavy atom. The Balaban J connectivity index is 2.94. The van der Waals surface area contributed by atoms with Crippen LogP contribution in [0.1, 0.15) is 48.0 Å². The summed E-state index contributed by atoms with van der Waals surface area (Å²) in [6, 6.07) is -1.06. The molecule has 0 radical (unpaired) electrons. The van der Waals surface area contributed by atoms with Crippen molar-refractivity contribution in [1.82, 2.24) is 4.90 Å². The number of rotatable bonds is 0. The van der Waals surface area contributed by atoms with E-state index in [1.165, 1.54) is 4.90 Å². The standard InChI is InChI=1S/C14H27FN2O2/c1-13(2,3)11-10(15)9(16)7-8-17(11)12(18)19-14(4,5)6/h9-11H,7-8,16H2,1-6H3/t9-,10-,11?/m0/s1. The SMILES string of the molecule is CC(C)(C)OC(=O)N1CC[C@H](N)[C@H](F)C1C(C)(C)C. The van der Waals surface area contributed by atoms with Crippen molar-refractivity contribution in [2.24, 2.45) is 11.1 Å². The van der Waals surface area contributed by atoms with E-state index >= 15 is 0 Å². The lowest BCUT2D eigenvalue weighted by Crippen LogP contribution is -2.62. The highest BCUT2D eigenvalue weighted by atomic mass is 19.1. The fraction of sp³-hybridized carbons (Fsp3) is 0.929. The number of nitrogens with zero attached hydrogens (tertiary/aromatic N) is 1. The lowest BCUT2D eigenvalue weighted by atomic mass is 9.78. The molecule has 5 heteroatoms. The summed E-state index contributed by atoms with van der Waals surface area (Å²) >= 11 is 0. The summed E-state index contributed by atoms with van der Waals surface area (Å²) in [5.74, 6) is 0. The third kappa shape index (κ3) is 4.06. The zero-order chi connectivity index (χ0) is 15.0. The van der Waals surface area contributed by atoms with Crippen LogP contribution < -0.4 is 5.73 Å². The predicted octanol–water partition coefficient (Wildman–Crippen LogP) is 2.71. The summed E-state index contributed by atoms with van der Waals surface area (Å²) in [6.45, 7) is 11.6. The van der Waals surface area contributed by atoms with Gasteiger partial charge in [-0.15, -0.1) is 0 Å². The molecule has 0 aromatic carbocycles. The molecule has 1 rings (SSSR count). The van der Waals surface area contributed by atoms with Gasteiger partial charge >= 0.3 is 6.09 Å². The molecule has 0 bridgehead atoms. The summed E-state index contributed by atoms with van der Waals surface area (Å²) in [6.07, 6.45) is -1.21. The molecule has 1 fully saturated rings. The van der Waals surface area contributed by atoms with E-state index in [-0.39, 0.29) is 5.41 Å². The predicted molar refractivity (Wildman–Crippen MR) is 73.7 cm³/mol. The number of likely N-dealkylation sites (tertiary alicyclic amines) is 1. The monoisotopic (exact) mass is 274 g/mol. The minimum atomic E-state index is -1.22. The van der Waals surface area contributed by atoms with Crippen molar-refractivity contribution >= 4 is 6.09 Å². The normalized spacial score (nSPS) is 29.3. The van der Waals surface area contributed by atoms with Gasteiger partial charge in [-0.05, 0) is 32.6 Å². The molecule has 0 aliphatic carbocycles. The molecule has 0 aromatic heterocycles. The molecule has 19 heavy (non-hydrogen) atoms. The molecule has 2 N–H and O–H groups in total.